The van der Waals surface area contributed by atoms with Crippen molar-refractivity contribution in [1.82, 2.24) is 0 Å². The van der Waals surface area contributed by atoms with Crippen LogP contribution in [-0.4, -0.2) is 56.0 Å². The van der Waals surface area contributed by atoms with Gasteiger partial charge in [-0.25, -0.2) is 141 Å². The summed E-state index contributed by atoms with van der Waals surface area (Å²) in [5.41, 5.74) is -20.0. The molecule has 2 fully saturated rings. The Morgan fingerprint density at radius 2 is 0.330 bits per heavy atom. The molecule has 6 aromatic rings. The maximum atomic E-state index is 15.9. The lowest BCUT2D eigenvalue weighted by Gasteiger charge is -2.47. The highest BCUT2D eigenvalue weighted by molar-refractivity contribution is 7.14. The standard InChI is InChI=1S/2C30H23BF15N/c2*1-10(9-47-29(2,3)7-6-8-30(47,4)5)31(11-14(32)20(38)26(44)21(39)15(11)33,12-16(34)22(40)27(45)23(41)17(12)35)13-18(36)24(42)28(46)25(43)19(13)37/h2*9-10H,6-8H2,1-5H3/t2*10-/m10/s1. The summed E-state index contributed by atoms with van der Waals surface area (Å²) >= 11 is 0. The highest BCUT2D eigenvalue weighted by Crippen LogP contribution is 2.41. The SMILES string of the molecule is C[C@@H](C=[N+]1C(C)(C)CCCC1(C)C)[B-](c1c(F)c(F)c(F)c(F)c1F)(c1c(F)c(F)c(F)c(F)c1F)c1c(F)c(F)c(F)c(F)c1F.C[C@H](C=[N+]1C(C)(C)CCCC1(C)C)[B-](c1c(F)c(F)c(F)c(F)c1F)(c1c(F)c(F)c(F)c(F)c1F)c1c(F)c(F)c(F)c(F)c1F. The molecule has 512 valence electrons. The van der Waals surface area contributed by atoms with Gasteiger partial charge in [0.1, 0.15) is 94.5 Å². The van der Waals surface area contributed by atoms with Crippen LogP contribution in [0, 0.1) is 175 Å². The van der Waals surface area contributed by atoms with E-state index in [4.69, 9.17) is 0 Å². The first-order chi connectivity index (χ1) is 43.0. The molecule has 0 amide bonds. The van der Waals surface area contributed by atoms with Gasteiger partial charge in [0.15, 0.2) is 127 Å². The first kappa shape index (κ1) is 74.1. The highest BCUT2D eigenvalue weighted by Gasteiger charge is 2.56. The Morgan fingerprint density at radius 1 is 0.223 bits per heavy atom. The van der Waals surface area contributed by atoms with Crippen molar-refractivity contribution in [3.05, 3.63) is 175 Å². The van der Waals surface area contributed by atoms with E-state index >= 15 is 52.7 Å². The summed E-state index contributed by atoms with van der Waals surface area (Å²) in [5, 5.41) is 0. The first-order valence-electron chi connectivity index (χ1n) is 27.7. The van der Waals surface area contributed by atoms with Gasteiger partial charge >= 0.3 is 0 Å². The summed E-state index contributed by atoms with van der Waals surface area (Å²) < 4.78 is 456. The van der Waals surface area contributed by atoms with Crippen LogP contribution in [0.2, 0.25) is 11.6 Å². The molecule has 8 rings (SSSR count). The Morgan fingerprint density at radius 3 is 0.447 bits per heavy atom. The number of halogens is 30. The van der Waals surface area contributed by atoms with Crippen molar-refractivity contribution < 1.29 is 141 Å². The monoisotopic (exact) mass is 1390 g/mol. The molecule has 34 heteroatoms. The third-order valence-corrected chi connectivity index (χ3v) is 18.3. The third-order valence-electron chi connectivity index (χ3n) is 18.3. The molecule has 94 heavy (non-hydrogen) atoms. The molecule has 2 heterocycles. The molecule has 0 saturated carbocycles. The van der Waals surface area contributed by atoms with E-state index in [0.717, 1.165) is 12.4 Å². The molecule has 0 radical (unpaired) electrons. The molecule has 0 aromatic heterocycles. The second-order valence-corrected chi connectivity index (χ2v) is 25.5. The molecule has 0 spiro atoms. The van der Waals surface area contributed by atoms with Crippen molar-refractivity contribution in [1.29, 1.82) is 0 Å². The lowest BCUT2D eigenvalue weighted by molar-refractivity contribution is -0.672. The zero-order chi connectivity index (χ0) is 71.8. The van der Waals surface area contributed by atoms with Gasteiger partial charge in [-0.05, 0) is 68.2 Å². The summed E-state index contributed by atoms with van der Waals surface area (Å²) in [4.78, 5) is 0. The Hall–Kier alpha value is -7.31. The van der Waals surface area contributed by atoms with E-state index in [1.807, 2.05) is 0 Å². The molecule has 0 aliphatic carbocycles. The zero-order valence-corrected chi connectivity index (χ0v) is 49.9. The average Bonchev–Trinajstić information content (AvgIpc) is 0.697. The predicted molar refractivity (Wildman–Crippen MR) is 282 cm³/mol. The maximum absolute atomic E-state index is 15.9. The van der Waals surface area contributed by atoms with Crippen LogP contribution in [0.3, 0.4) is 0 Å². The molecule has 2 atom stereocenters. The maximum Gasteiger partial charge on any atom is 0.200 e. The van der Waals surface area contributed by atoms with E-state index in [0.29, 0.717) is 26.7 Å². The topological polar surface area (TPSA) is 6.02 Å². The van der Waals surface area contributed by atoms with E-state index < -0.39 is 253 Å². The molecule has 0 N–H and O–H groups in total. The van der Waals surface area contributed by atoms with Crippen LogP contribution >= 0.6 is 0 Å². The van der Waals surface area contributed by atoms with E-state index in [2.05, 4.69) is 0 Å². The van der Waals surface area contributed by atoms with Crippen LogP contribution in [-0.2, 0) is 0 Å². The Kier molecular flexibility index (Phi) is 19.7. The minimum absolute atomic E-state index is 0.271. The van der Waals surface area contributed by atoms with Crippen LogP contribution in [0.4, 0.5) is 132 Å². The van der Waals surface area contributed by atoms with E-state index in [1.54, 1.807) is 0 Å². The molecule has 2 saturated heterocycles. The van der Waals surface area contributed by atoms with Gasteiger partial charge in [-0.1, -0.05) is 25.5 Å². The van der Waals surface area contributed by atoms with E-state index in [-0.39, 0.29) is 25.7 Å². The molecule has 0 unspecified atom stereocenters. The average molecular weight is 1390 g/mol. The lowest BCUT2D eigenvalue weighted by Crippen LogP contribution is -2.76. The summed E-state index contributed by atoms with van der Waals surface area (Å²) in [6, 6.07) is 0. The van der Waals surface area contributed by atoms with Crippen molar-refractivity contribution in [3.63, 3.8) is 0 Å². The summed E-state index contributed by atoms with van der Waals surface area (Å²) in [6.45, 7) is 13.4. The van der Waals surface area contributed by atoms with Crippen LogP contribution in [0.5, 0.6) is 0 Å². The Balaban J connectivity index is 0.000000266. The number of rotatable bonds is 10. The van der Waals surface area contributed by atoms with Crippen molar-refractivity contribution in [2.75, 3.05) is 0 Å². The largest absolute Gasteiger partial charge is 0.233 e. The number of piperidine rings is 2. The molecule has 2 nitrogen and oxygen atoms in total. The minimum atomic E-state index is -5.70. The third kappa shape index (κ3) is 11.0. The van der Waals surface area contributed by atoms with Crippen LogP contribution < -0.4 is 32.8 Å². The normalized spacial score (nSPS) is 16.9. The van der Waals surface area contributed by atoms with Gasteiger partial charge in [0.25, 0.3) is 0 Å². The van der Waals surface area contributed by atoms with Gasteiger partial charge in [-0.2, -0.15) is 0 Å². The highest BCUT2D eigenvalue weighted by atomic mass is 19.2. The van der Waals surface area contributed by atoms with Gasteiger partial charge in [-0.15, -0.1) is 32.8 Å². The van der Waals surface area contributed by atoms with Gasteiger partial charge in [0.05, 0.1) is 0 Å². The van der Waals surface area contributed by atoms with Crippen molar-refractivity contribution >= 4 is 57.5 Å². The molecule has 2 aliphatic rings. The summed E-state index contributed by atoms with van der Waals surface area (Å²) in [5.74, 6) is -95.1. The van der Waals surface area contributed by atoms with Gasteiger partial charge in [-0.3, -0.25) is 0 Å². The Bertz CT molecular complexity index is 3420. The van der Waals surface area contributed by atoms with E-state index in [1.165, 1.54) is 64.5 Å². The predicted octanol–water partition coefficient (Wildman–Crippen LogP) is 14.9. The summed E-state index contributed by atoms with van der Waals surface area (Å²) in [6.07, 6.45) is -7.85. The van der Waals surface area contributed by atoms with Crippen LogP contribution in [0.1, 0.15) is 108 Å². The summed E-state index contributed by atoms with van der Waals surface area (Å²) in [7, 11) is 0. The quantitative estimate of drug-likeness (QED) is 0.0424. The zero-order valence-electron chi connectivity index (χ0n) is 49.9. The number of nitrogens with zero attached hydrogens (tertiary/aromatic N) is 2. The fourth-order valence-electron chi connectivity index (χ4n) is 14.1. The van der Waals surface area contributed by atoms with Gasteiger partial charge in [0, 0.05) is 25.7 Å². The molecule has 0 bridgehead atoms. The fraction of sp³-hybridized carbons (Fsp3) is 0.367. The van der Waals surface area contributed by atoms with Gasteiger partial charge < -0.3 is 0 Å². The van der Waals surface area contributed by atoms with Crippen molar-refractivity contribution in [2.24, 2.45) is 0 Å². The second kappa shape index (κ2) is 25.0. The number of hydrogen-bond donors (Lipinski definition) is 0. The second-order valence-electron chi connectivity index (χ2n) is 25.5. The molecular formula is C60H46B2F30N2. The molecular weight excluding hydrogens is 1340 g/mol. The molecule has 6 aromatic carbocycles. The number of hydrogen-bond acceptors (Lipinski definition) is 0. The van der Waals surface area contributed by atoms with Crippen LogP contribution in [0.15, 0.2) is 0 Å². The van der Waals surface area contributed by atoms with Gasteiger partial charge in [0.2, 0.25) is 0 Å². The minimum Gasteiger partial charge on any atom is -0.233 e. The Labute approximate surface area is 513 Å². The van der Waals surface area contributed by atoms with Crippen molar-refractivity contribution in [2.45, 2.75) is 142 Å². The number of benzene rings is 6. The van der Waals surface area contributed by atoms with Crippen LogP contribution in [0.25, 0.3) is 0 Å². The fourth-order valence-corrected chi connectivity index (χ4v) is 14.1. The smallest absolute Gasteiger partial charge is 0.200 e. The van der Waals surface area contributed by atoms with E-state index in [9.17, 15) is 79.0 Å². The van der Waals surface area contributed by atoms with Crippen molar-refractivity contribution in [3.8, 4) is 0 Å². The molecule has 2 aliphatic heterocycles. The lowest BCUT2D eigenvalue weighted by atomic mass is 9.10. The first-order valence-corrected chi connectivity index (χ1v) is 27.7.